The fourth-order valence-corrected chi connectivity index (χ4v) is 6.36. The number of carbonyl (C=O) groups excluding carboxylic acids is 1. The Bertz CT molecular complexity index is 1080. The number of nitrogens with zero attached hydrogens (tertiary/aromatic N) is 3. The molecule has 0 spiro atoms. The molecule has 0 radical (unpaired) electrons. The Balaban J connectivity index is 1.20. The zero-order valence-electron chi connectivity index (χ0n) is 16.6. The number of benzene rings is 1. The van der Waals surface area contributed by atoms with Crippen molar-refractivity contribution >= 4 is 11.6 Å². The van der Waals surface area contributed by atoms with Gasteiger partial charge in [0.15, 0.2) is 0 Å². The molecule has 0 saturated heterocycles. The highest BCUT2D eigenvalue weighted by molar-refractivity contribution is 6.02. The molecule has 4 aliphatic carbocycles. The molecule has 30 heavy (non-hydrogen) atoms. The lowest BCUT2D eigenvalue weighted by Gasteiger charge is -2.56. The summed E-state index contributed by atoms with van der Waals surface area (Å²) in [6, 6.07) is 7.73. The molecule has 2 aromatic heterocycles. The highest BCUT2D eigenvalue weighted by Crippen LogP contribution is 2.58. The molecule has 0 unspecified atom stereocenters. The van der Waals surface area contributed by atoms with Crippen molar-refractivity contribution in [2.75, 3.05) is 5.32 Å². The Morgan fingerprint density at radius 3 is 2.53 bits per heavy atom. The Hall–Kier alpha value is -2.96. The van der Waals surface area contributed by atoms with E-state index in [2.05, 4.69) is 20.3 Å². The summed E-state index contributed by atoms with van der Waals surface area (Å²) >= 11 is 0. The van der Waals surface area contributed by atoms with Crippen LogP contribution in [0.4, 0.5) is 10.1 Å². The fourth-order valence-electron chi connectivity index (χ4n) is 6.36. The maximum atomic E-state index is 14.0. The number of amides is 1. The Labute approximate surface area is 173 Å². The van der Waals surface area contributed by atoms with E-state index in [-0.39, 0.29) is 11.3 Å². The van der Waals surface area contributed by atoms with E-state index in [0.717, 1.165) is 17.8 Å². The highest BCUT2D eigenvalue weighted by atomic mass is 19.1. The largest absolute Gasteiger partial charge is 0.350 e. The van der Waals surface area contributed by atoms with Crippen LogP contribution >= 0.6 is 0 Å². The van der Waals surface area contributed by atoms with Gasteiger partial charge in [0.25, 0.3) is 5.91 Å². The number of hydrogen-bond donors (Lipinski definition) is 1. The number of rotatable bonds is 4. The summed E-state index contributed by atoms with van der Waals surface area (Å²) in [5.41, 5.74) is 1.35. The monoisotopic (exact) mass is 406 g/mol. The molecule has 0 atom stereocenters. The standard InChI is InChI=1S/C23H23FN4O2/c24-19-4-2-1-3-18(19)20-8-21(30-27-20)22(29)26-17-12-25-28(13-17)23-9-14-5-15(10-23)7-16(6-14)11-23/h1-4,8,12-16H,5-7,9-11H2,(H,26,29). The van der Waals surface area contributed by atoms with E-state index < -0.39 is 11.7 Å². The number of carbonyl (C=O) groups is 1. The Morgan fingerprint density at radius 2 is 1.83 bits per heavy atom. The molecule has 154 valence electrons. The van der Waals surface area contributed by atoms with Crippen LogP contribution in [0.15, 0.2) is 47.2 Å². The van der Waals surface area contributed by atoms with Crippen molar-refractivity contribution in [2.45, 2.75) is 44.1 Å². The third-order valence-electron chi connectivity index (χ3n) is 7.22. The first kappa shape index (κ1) is 17.9. The van der Waals surface area contributed by atoms with Gasteiger partial charge in [-0.25, -0.2) is 4.39 Å². The molecule has 7 rings (SSSR count). The lowest BCUT2D eigenvalue weighted by atomic mass is 9.53. The summed E-state index contributed by atoms with van der Waals surface area (Å²) in [5, 5.41) is 11.3. The minimum Gasteiger partial charge on any atom is -0.350 e. The molecule has 7 heteroatoms. The van der Waals surface area contributed by atoms with Gasteiger partial charge in [0.1, 0.15) is 11.5 Å². The lowest BCUT2D eigenvalue weighted by Crippen LogP contribution is -2.52. The molecular formula is C23H23FN4O2. The zero-order chi connectivity index (χ0) is 20.3. The Kier molecular flexibility index (Phi) is 3.88. The number of aromatic nitrogens is 3. The second-order valence-corrected chi connectivity index (χ2v) is 9.33. The van der Waals surface area contributed by atoms with Crippen molar-refractivity contribution in [1.82, 2.24) is 14.9 Å². The van der Waals surface area contributed by atoms with Crippen LogP contribution in [-0.2, 0) is 5.54 Å². The summed E-state index contributed by atoms with van der Waals surface area (Å²) in [4.78, 5) is 12.6. The topological polar surface area (TPSA) is 73.0 Å². The maximum absolute atomic E-state index is 14.0. The van der Waals surface area contributed by atoms with Gasteiger partial charge in [-0.15, -0.1) is 0 Å². The van der Waals surface area contributed by atoms with Crippen molar-refractivity contribution in [1.29, 1.82) is 0 Å². The van der Waals surface area contributed by atoms with E-state index in [1.165, 1.54) is 50.7 Å². The van der Waals surface area contributed by atoms with Gasteiger partial charge >= 0.3 is 0 Å². The van der Waals surface area contributed by atoms with Crippen LogP contribution in [0.1, 0.15) is 49.1 Å². The second kappa shape index (κ2) is 6.52. The van der Waals surface area contributed by atoms with E-state index in [1.807, 2.05) is 6.20 Å². The molecule has 1 amide bonds. The van der Waals surface area contributed by atoms with Gasteiger partial charge in [-0.1, -0.05) is 17.3 Å². The van der Waals surface area contributed by atoms with Crippen molar-refractivity contribution < 1.29 is 13.7 Å². The number of anilines is 1. The quantitative estimate of drug-likeness (QED) is 0.672. The van der Waals surface area contributed by atoms with Crippen molar-refractivity contribution in [3.05, 3.63) is 54.3 Å². The molecule has 4 bridgehead atoms. The SMILES string of the molecule is O=C(Nc1cnn(C23CC4CC(CC(C4)C2)C3)c1)c1cc(-c2ccccc2F)no1. The third kappa shape index (κ3) is 2.87. The summed E-state index contributed by atoms with van der Waals surface area (Å²) in [5.74, 6) is 1.68. The van der Waals surface area contributed by atoms with Crippen LogP contribution in [0.25, 0.3) is 11.3 Å². The summed E-state index contributed by atoms with van der Waals surface area (Å²) in [6.07, 6.45) is 11.4. The third-order valence-corrected chi connectivity index (χ3v) is 7.22. The van der Waals surface area contributed by atoms with Gasteiger partial charge in [0.05, 0.1) is 17.4 Å². The van der Waals surface area contributed by atoms with E-state index in [4.69, 9.17) is 4.52 Å². The van der Waals surface area contributed by atoms with Gasteiger partial charge < -0.3 is 9.84 Å². The zero-order valence-corrected chi connectivity index (χ0v) is 16.6. The molecule has 2 heterocycles. The first-order valence-electron chi connectivity index (χ1n) is 10.7. The van der Waals surface area contributed by atoms with Crippen LogP contribution in [0.5, 0.6) is 0 Å². The normalized spacial score (nSPS) is 29.3. The first-order valence-corrected chi connectivity index (χ1v) is 10.7. The van der Waals surface area contributed by atoms with E-state index in [0.29, 0.717) is 16.9 Å². The average molecular weight is 406 g/mol. The van der Waals surface area contributed by atoms with Gasteiger partial charge in [-0.2, -0.15) is 5.10 Å². The minimum atomic E-state index is -0.421. The highest BCUT2D eigenvalue weighted by Gasteiger charge is 2.52. The van der Waals surface area contributed by atoms with E-state index >= 15 is 0 Å². The summed E-state index contributed by atoms with van der Waals surface area (Å²) in [6.45, 7) is 0. The van der Waals surface area contributed by atoms with Gasteiger partial charge in [0.2, 0.25) is 5.76 Å². The van der Waals surface area contributed by atoms with Crippen LogP contribution in [0.3, 0.4) is 0 Å². The number of halogens is 1. The maximum Gasteiger partial charge on any atom is 0.294 e. The van der Waals surface area contributed by atoms with Crippen molar-refractivity contribution in [3.8, 4) is 11.3 Å². The van der Waals surface area contributed by atoms with Crippen LogP contribution in [-0.4, -0.2) is 20.8 Å². The van der Waals surface area contributed by atoms with Crippen LogP contribution in [0.2, 0.25) is 0 Å². The number of nitrogens with one attached hydrogen (secondary N) is 1. The molecule has 3 aromatic rings. The molecule has 4 fully saturated rings. The van der Waals surface area contributed by atoms with E-state index in [1.54, 1.807) is 24.4 Å². The van der Waals surface area contributed by atoms with Crippen LogP contribution < -0.4 is 5.32 Å². The first-order chi connectivity index (χ1) is 14.6. The van der Waals surface area contributed by atoms with Crippen LogP contribution in [0, 0.1) is 23.6 Å². The molecule has 1 aromatic carbocycles. The van der Waals surface area contributed by atoms with Crippen molar-refractivity contribution in [3.63, 3.8) is 0 Å². The average Bonchev–Trinajstić information content (AvgIpc) is 3.37. The summed E-state index contributed by atoms with van der Waals surface area (Å²) < 4.78 is 21.2. The molecule has 6 nitrogen and oxygen atoms in total. The molecule has 4 aliphatic rings. The van der Waals surface area contributed by atoms with E-state index in [9.17, 15) is 9.18 Å². The smallest absolute Gasteiger partial charge is 0.294 e. The predicted molar refractivity (Wildman–Crippen MR) is 108 cm³/mol. The molecular weight excluding hydrogens is 383 g/mol. The van der Waals surface area contributed by atoms with Gasteiger partial charge in [0, 0.05) is 17.8 Å². The minimum absolute atomic E-state index is 0.0378. The Morgan fingerprint density at radius 1 is 1.13 bits per heavy atom. The molecule has 4 saturated carbocycles. The second-order valence-electron chi connectivity index (χ2n) is 9.33. The predicted octanol–water partition coefficient (Wildman–Crippen LogP) is 4.85. The lowest BCUT2D eigenvalue weighted by molar-refractivity contribution is -0.0493. The van der Waals surface area contributed by atoms with Crippen molar-refractivity contribution in [2.24, 2.45) is 17.8 Å². The van der Waals surface area contributed by atoms with Gasteiger partial charge in [-0.3, -0.25) is 9.48 Å². The fraction of sp³-hybridized carbons (Fsp3) is 0.435. The summed E-state index contributed by atoms with van der Waals surface area (Å²) in [7, 11) is 0. The molecule has 0 aliphatic heterocycles. The number of hydrogen-bond acceptors (Lipinski definition) is 4. The molecule has 1 N–H and O–H groups in total. The van der Waals surface area contributed by atoms with Gasteiger partial charge in [-0.05, 0) is 68.4 Å².